The molecule has 0 radical (unpaired) electrons. The van der Waals surface area contributed by atoms with E-state index in [2.05, 4.69) is 0 Å². The number of para-hydroxylation sites is 1. The van der Waals surface area contributed by atoms with Gasteiger partial charge in [-0.2, -0.15) is 0 Å². The van der Waals surface area contributed by atoms with Crippen LogP contribution in [0.15, 0.2) is 77.7 Å². The second-order valence-electron chi connectivity index (χ2n) is 6.91. The summed E-state index contributed by atoms with van der Waals surface area (Å²) in [6.07, 6.45) is 1.44. The lowest BCUT2D eigenvalue weighted by molar-refractivity contribution is -0.123. The molecule has 3 aromatic carbocycles. The van der Waals surface area contributed by atoms with Crippen molar-refractivity contribution < 1.29 is 29.3 Å². The fraction of sp³-hybridized carbons (Fsp3) is 0.0417. The second-order valence-corrected chi connectivity index (χ2v) is 7.91. The van der Waals surface area contributed by atoms with Gasteiger partial charge in [-0.25, -0.2) is 4.79 Å². The normalized spacial score (nSPS) is 14.8. The Morgan fingerprint density at radius 1 is 0.969 bits per heavy atom. The minimum atomic E-state index is -1.29. The standard InChI is InChI=1S/C24H17NO6S/c26-20-10-9-15(12-19(20)23(28)29)13-21-22(27)25(24(30)32-21)14-16-5-4-8-18(11-16)31-17-6-2-1-3-7-17/h1-13,26H,14H2,(H,28,29)/b21-13-. The molecule has 1 aliphatic heterocycles. The van der Waals surface area contributed by atoms with Crippen LogP contribution in [0.4, 0.5) is 4.79 Å². The number of ether oxygens (including phenoxy) is 1. The maximum atomic E-state index is 12.8. The summed E-state index contributed by atoms with van der Waals surface area (Å²) in [4.78, 5) is 37.8. The van der Waals surface area contributed by atoms with Crippen LogP contribution < -0.4 is 4.74 Å². The average molecular weight is 447 g/mol. The third-order valence-corrected chi connectivity index (χ3v) is 5.55. The van der Waals surface area contributed by atoms with Crippen molar-refractivity contribution in [1.29, 1.82) is 0 Å². The van der Waals surface area contributed by atoms with Crippen molar-refractivity contribution in [2.45, 2.75) is 6.54 Å². The highest BCUT2D eigenvalue weighted by atomic mass is 32.2. The number of hydrogen-bond acceptors (Lipinski definition) is 6. The molecule has 0 atom stereocenters. The number of nitrogens with zero attached hydrogens (tertiary/aromatic N) is 1. The van der Waals surface area contributed by atoms with E-state index >= 15 is 0 Å². The first-order valence-electron chi connectivity index (χ1n) is 9.54. The summed E-state index contributed by atoms with van der Waals surface area (Å²) in [5.41, 5.74) is 0.831. The molecule has 1 aliphatic rings. The predicted octanol–water partition coefficient (Wildman–Crippen LogP) is 5.12. The number of benzene rings is 3. The predicted molar refractivity (Wildman–Crippen MR) is 120 cm³/mol. The van der Waals surface area contributed by atoms with Gasteiger partial charge in [0.15, 0.2) is 0 Å². The molecule has 3 aromatic rings. The molecule has 160 valence electrons. The molecule has 0 aromatic heterocycles. The number of phenols is 1. The maximum absolute atomic E-state index is 12.8. The Balaban J connectivity index is 1.51. The van der Waals surface area contributed by atoms with Gasteiger partial charge in [0.05, 0.1) is 11.4 Å². The van der Waals surface area contributed by atoms with Crippen molar-refractivity contribution >= 4 is 35.0 Å². The number of carbonyl (C=O) groups is 3. The van der Waals surface area contributed by atoms with Crippen molar-refractivity contribution in [3.8, 4) is 17.2 Å². The first kappa shape index (κ1) is 21.2. The van der Waals surface area contributed by atoms with Gasteiger partial charge in [0.25, 0.3) is 11.1 Å². The van der Waals surface area contributed by atoms with Gasteiger partial charge in [-0.05, 0) is 65.4 Å². The smallest absolute Gasteiger partial charge is 0.339 e. The SMILES string of the molecule is O=C(O)c1cc(/C=C2\SC(=O)N(Cc3cccc(Oc4ccccc4)c3)C2=O)ccc1O. The van der Waals surface area contributed by atoms with E-state index in [1.54, 1.807) is 24.3 Å². The Bertz CT molecular complexity index is 1240. The minimum absolute atomic E-state index is 0.0734. The van der Waals surface area contributed by atoms with Crippen LogP contribution in [0.5, 0.6) is 17.2 Å². The Morgan fingerprint density at radius 3 is 2.47 bits per heavy atom. The quantitative estimate of drug-likeness (QED) is 0.506. The topological polar surface area (TPSA) is 104 Å². The van der Waals surface area contributed by atoms with Crippen LogP contribution in [-0.4, -0.2) is 32.2 Å². The molecule has 1 heterocycles. The number of carbonyl (C=O) groups excluding carboxylic acids is 2. The molecule has 0 saturated carbocycles. The first-order valence-corrected chi connectivity index (χ1v) is 10.4. The zero-order valence-electron chi connectivity index (χ0n) is 16.6. The number of carboxylic acids is 1. The van der Waals surface area contributed by atoms with Crippen LogP contribution in [0.2, 0.25) is 0 Å². The minimum Gasteiger partial charge on any atom is -0.507 e. The molecular formula is C24H17NO6S. The summed E-state index contributed by atoms with van der Waals surface area (Å²) in [7, 11) is 0. The summed E-state index contributed by atoms with van der Waals surface area (Å²) < 4.78 is 5.80. The molecule has 2 amide bonds. The summed E-state index contributed by atoms with van der Waals surface area (Å²) in [5.74, 6) is -0.877. The fourth-order valence-corrected chi connectivity index (χ4v) is 3.96. The van der Waals surface area contributed by atoms with E-state index in [4.69, 9.17) is 9.84 Å². The van der Waals surface area contributed by atoms with Gasteiger partial charge >= 0.3 is 5.97 Å². The summed E-state index contributed by atoms with van der Waals surface area (Å²) in [5, 5.41) is 18.4. The number of thioether (sulfide) groups is 1. The summed E-state index contributed by atoms with van der Waals surface area (Å²) in [6.45, 7) is 0.0734. The van der Waals surface area contributed by atoms with Crippen LogP contribution in [0.1, 0.15) is 21.5 Å². The Morgan fingerprint density at radius 2 is 1.72 bits per heavy atom. The molecule has 0 unspecified atom stereocenters. The van der Waals surface area contributed by atoms with Gasteiger partial charge in [-0.3, -0.25) is 14.5 Å². The molecule has 7 nitrogen and oxygen atoms in total. The molecule has 1 fully saturated rings. The first-order chi connectivity index (χ1) is 15.4. The largest absolute Gasteiger partial charge is 0.507 e. The van der Waals surface area contributed by atoms with Gasteiger partial charge in [0.1, 0.15) is 22.8 Å². The van der Waals surface area contributed by atoms with Crippen LogP contribution in [-0.2, 0) is 11.3 Å². The van der Waals surface area contributed by atoms with E-state index < -0.39 is 17.1 Å². The van der Waals surface area contributed by atoms with Gasteiger partial charge in [-0.1, -0.05) is 36.4 Å². The number of amides is 2. The number of carboxylic acid groups (broad SMARTS) is 1. The van der Waals surface area contributed by atoms with Crippen molar-refractivity contribution in [2.24, 2.45) is 0 Å². The summed E-state index contributed by atoms with van der Waals surface area (Å²) >= 11 is 0.779. The van der Waals surface area contributed by atoms with E-state index in [1.807, 2.05) is 30.3 Å². The number of hydrogen-bond donors (Lipinski definition) is 2. The molecular weight excluding hydrogens is 430 g/mol. The second kappa shape index (κ2) is 8.99. The third kappa shape index (κ3) is 4.65. The highest BCUT2D eigenvalue weighted by molar-refractivity contribution is 8.18. The van der Waals surface area contributed by atoms with Gasteiger partial charge in [0, 0.05) is 0 Å². The molecule has 4 rings (SSSR count). The van der Waals surface area contributed by atoms with Gasteiger partial charge in [0.2, 0.25) is 0 Å². The summed E-state index contributed by atoms with van der Waals surface area (Å²) in [6, 6.07) is 20.3. The number of aromatic hydroxyl groups is 1. The van der Waals surface area contributed by atoms with Gasteiger partial charge in [-0.15, -0.1) is 0 Å². The highest BCUT2D eigenvalue weighted by Gasteiger charge is 2.35. The monoisotopic (exact) mass is 447 g/mol. The van der Waals surface area contributed by atoms with Crippen molar-refractivity contribution in [3.05, 3.63) is 94.4 Å². The lowest BCUT2D eigenvalue weighted by Gasteiger charge is -2.13. The molecule has 2 N–H and O–H groups in total. The van der Waals surface area contributed by atoms with E-state index in [9.17, 15) is 19.5 Å². The Hall–Kier alpha value is -4.04. The Labute approximate surface area is 187 Å². The lowest BCUT2D eigenvalue weighted by Crippen LogP contribution is -2.27. The van der Waals surface area contributed by atoms with Crippen LogP contribution in [0, 0.1) is 0 Å². The van der Waals surface area contributed by atoms with Crippen molar-refractivity contribution in [3.63, 3.8) is 0 Å². The fourth-order valence-electron chi connectivity index (χ4n) is 3.12. The maximum Gasteiger partial charge on any atom is 0.339 e. The van der Waals surface area contributed by atoms with Gasteiger partial charge < -0.3 is 14.9 Å². The van der Waals surface area contributed by atoms with E-state index in [1.165, 1.54) is 24.3 Å². The van der Waals surface area contributed by atoms with Crippen molar-refractivity contribution in [2.75, 3.05) is 0 Å². The Kier molecular flexibility index (Phi) is 5.96. The molecule has 0 bridgehead atoms. The number of rotatable bonds is 6. The average Bonchev–Trinajstić information content (AvgIpc) is 3.03. The van der Waals surface area contributed by atoms with E-state index in [0.29, 0.717) is 17.1 Å². The molecule has 32 heavy (non-hydrogen) atoms. The number of aromatic carboxylic acids is 1. The third-order valence-electron chi connectivity index (χ3n) is 4.64. The van der Waals surface area contributed by atoms with Crippen molar-refractivity contribution in [1.82, 2.24) is 4.90 Å². The zero-order valence-corrected chi connectivity index (χ0v) is 17.4. The van der Waals surface area contributed by atoms with E-state index in [-0.39, 0.29) is 22.8 Å². The number of imide groups is 1. The zero-order chi connectivity index (χ0) is 22.7. The highest BCUT2D eigenvalue weighted by Crippen LogP contribution is 2.34. The molecule has 0 aliphatic carbocycles. The van der Waals surface area contributed by atoms with Crippen LogP contribution in [0.3, 0.4) is 0 Å². The molecule has 8 heteroatoms. The van der Waals surface area contributed by atoms with Crippen LogP contribution in [0.25, 0.3) is 6.08 Å². The molecule has 1 saturated heterocycles. The lowest BCUT2D eigenvalue weighted by atomic mass is 10.1. The van der Waals surface area contributed by atoms with E-state index in [0.717, 1.165) is 22.2 Å². The van der Waals surface area contributed by atoms with Crippen LogP contribution >= 0.6 is 11.8 Å². The molecule has 0 spiro atoms.